The van der Waals surface area contributed by atoms with Crippen LogP contribution in [0.5, 0.6) is 0 Å². The lowest BCUT2D eigenvalue weighted by Gasteiger charge is -2.31. The Morgan fingerprint density at radius 3 is 2.20 bits per heavy atom. The summed E-state index contributed by atoms with van der Waals surface area (Å²) >= 11 is 0. The molecule has 0 bridgehead atoms. The normalized spacial score (nSPS) is 34.1. The molecule has 2 aliphatic rings. The summed E-state index contributed by atoms with van der Waals surface area (Å²) in [5.41, 5.74) is 6.15. The van der Waals surface area contributed by atoms with Crippen LogP contribution >= 0.6 is 0 Å². The Morgan fingerprint density at radius 1 is 1.00 bits per heavy atom. The maximum Gasteiger partial charge on any atom is 0.154 e. The third-order valence-electron chi connectivity index (χ3n) is 4.00. The molecule has 0 spiro atoms. The Morgan fingerprint density at radius 2 is 1.60 bits per heavy atom. The Kier molecular flexibility index (Phi) is 3.36. The molecular weight excluding hydrogens is 210 g/mol. The van der Waals surface area contributed by atoms with Crippen LogP contribution in [0.15, 0.2) is 0 Å². The third-order valence-corrected chi connectivity index (χ3v) is 6.33. The summed E-state index contributed by atoms with van der Waals surface area (Å²) in [7, 11) is -2.89. The molecule has 1 heterocycles. The van der Waals surface area contributed by atoms with Crippen LogP contribution in [0.4, 0.5) is 0 Å². The van der Waals surface area contributed by atoms with Crippen molar-refractivity contribution in [3.8, 4) is 0 Å². The van der Waals surface area contributed by atoms with E-state index in [1.807, 2.05) is 0 Å². The minimum absolute atomic E-state index is 0.0993. The highest BCUT2D eigenvalue weighted by molar-refractivity contribution is 7.92. The molecule has 1 saturated carbocycles. The maximum absolute atomic E-state index is 11.9. The minimum Gasteiger partial charge on any atom is -0.326 e. The fraction of sp³-hybridized carbons (Fsp3) is 1.00. The molecule has 1 aliphatic carbocycles. The number of nitrogens with two attached hydrogens (primary N) is 1. The maximum atomic E-state index is 11.9. The van der Waals surface area contributed by atoms with Gasteiger partial charge in [0.2, 0.25) is 0 Å². The first-order chi connectivity index (χ1) is 7.11. The quantitative estimate of drug-likeness (QED) is 0.783. The molecule has 2 fully saturated rings. The summed E-state index contributed by atoms with van der Waals surface area (Å²) in [6.45, 7) is 0. The lowest BCUT2D eigenvalue weighted by atomic mass is 9.93. The second kappa shape index (κ2) is 4.42. The van der Waals surface area contributed by atoms with Gasteiger partial charge in [0.1, 0.15) is 0 Å². The molecule has 2 unspecified atom stereocenters. The van der Waals surface area contributed by atoms with Crippen molar-refractivity contribution < 1.29 is 8.42 Å². The summed E-state index contributed by atoms with van der Waals surface area (Å²) in [4.78, 5) is 0. The van der Waals surface area contributed by atoms with Gasteiger partial charge in [0, 0.05) is 6.04 Å². The van der Waals surface area contributed by atoms with Crippen LogP contribution < -0.4 is 5.73 Å². The van der Waals surface area contributed by atoms with E-state index in [9.17, 15) is 8.42 Å². The van der Waals surface area contributed by atoms with Gasteiger partial charge < -0.3 is 5.73 Å². The Bertz CT molecular complexity index is 307. The van der Waals surface area contributed by atoms with Crippen molar-refractivity contribution in [3.05, 3.63) is 0 Å². The van der Waals surface area contributed by atoms with Crippen LogP contribution in [0.1, 0.15) is 44.9 Å². The van der Waals surface area contributed by atoms with E-state index in [0.29, 0.717) is 11.7 Å². The summed E-state index contributed by atoms with van der Waals surface area (Å²) < 4.78 is 23.8. The third kappa shape index (κ3) is 2.36. The molecule has 0 aromatic carbocycles. The van der Waals surface area contributed by atoms with Gasteiger partial charge in [-0.05, 0) is 31.6 Å². The van der Waals surface area contributed by atoms with E-state index in [1.54, 1.807) is 0 Å². The van der Waals surface area contributed by atoms with Crippen molar-refractivity contribution in [2.45, 2.75) is 56.2 Å². The smallest absolute Gasteiger partial charge is 0.154 e. The average molecular weight is 231 g/mol. The molecular formula is C11H21NO2S. The van der Waals surface area contributed by atoms with Gasteiger partial charge in [-0.1, -0.05) is 19.3 Å². The van der Waals surface area contributed by atoms with Crippen molar-refractivity contribution >= 4 is 9.84 Å². The van der Waals surface area contributed by atoms with Crippen molar-refractivity contribution in [1.82, 2.24) is 0 Å². The molecule has 0 amide bonds. The Hall–Kier alpha value is -0.0900. The van der Waals surface area contributed by atoms with E-state index in [2.05, 4.69) is 0 Å². The molecule has 0 aromatic heterocycles. The van der Waals surface area contributed by atoms with Gasteiger partial charge in [-0.25, -0.2) is 8.42 Å². The molecule has 3 nitrogen and oxygen atoms in total. The van der Waals surface area contributed by atoms with Crippen LogP contribution in [0.2, 0.25) is 0 Å². The molecule has 15 heavy (non-hydrogen) atoms. The van der Waals surface area contributed by atoms with Gasteiger partial charge in [0.25, 0.3) is 0 Å². The Balaban J connectivity index is 2.07. The lowest BCUT2D eigenvalue weighted by molar-refractivity contribution is 0.386. The van der Waals surface area contributed by atoms with E-state index < -0.39 is 9.84 Å². The van der Waals surface area contributed by atoms with E-state index in [4.69, 9.17) is 5.73 Å². The molecule has 0 aromatic rings. The second-order valence-electron chi connectivity index (χ2n) is 5.02. The number of hydrogen-bond acceptors (Lipinski definition) is 3. The zero-order chi connectivity index (χ0) is 10.9. The van der Waals surface area contributed by atoms with Crippen LogP contribution in [-0.4, -0.2) is 25.5 Å². The molecule has 88 valence electrons. The van der Waals surface area contributed by atoms with Gasteiger partial charge in [-0.15, -0.1) is 0 Å². The molecule has 1 aliphatic heterocycles. The molecule has 4 heteroatoms. The largest absolute Gasteiger partial charge is 0.326 e. The zero-order valence-electron chi connectivity index (χ0n) is 9.19. The van der Waals surface area contributed by atoms with E-state index in [0.717, 1.165) is 32.1 Å². The predicted octanol–water partition coefficient (Wildman–Crippen LogP) is 1.47. The van der Waals surface area contributed by atoms with Gasteiger partial charge in [0.15, 0.2) is 9.84 Å². The fourth-order valence-corrected chi connectivity index (χ4v) is 5.19. The predicted molar refractivity (Wildman–Crippen MR) is 61.4 cm³/mol. The van der Waals surface area contributed by atoms with Crippen LogP contribution in [0.25, 0.3) is 0 Å². The van der Waals surface area contributed by atoms with Crippen LogP contribution in [0, 0.1) is 5.92 Å². The van der Waals surface area contributed by atoms with Crippen molar-refractivity contribution in [2.24, 2.45) is 11.7 Å². The van der Waals surface area contributed by atoms with Gasteiger partial charge in [-0.3, -0.25) is 0 Å². The lowest BCUT2D eigenvalue weighted by Crippen LogP contribution is -2.47. The molecule has 2 N–H and O–H groups in total. The first-order valence-corrected chi connectivity index (χ1v) is 7.80. The zero-order valence-corrected chi connectivity index (χ0v) is 10.0. The first-order valence-electron chi connectivity index (χ1n) is 6.08. The topological polar surface area (TPSA) is 60.2 Å². The summed E-state index contributed by atoms with van der Waals surface area (Å²) in [5.74, 6) is 0.820. The standard InChI is InChI=1S/C11H21NO2S/c12-11(9-5-1-2-6-9)10-7-3-4-8-15(10,13)14/h9-11H,1-8,12H2. The molecule has 1 saturated heterocycles. The highest BCUT2D eigenvalue weighted by Gasteiger charge is 2.37. The second-order valence-corrected chi connectivity index (χ2v) is 7.36. The van der Waals surface area contributed by atoms with Gasteiger partial charge in [-0.2, -0.15) is 0 Å². The van der Waals surface area contributed by atoms with Gasteiger partial charge in [0.05, 0.1) is 11.0 Å². The Labute approximate surface area is 92.3 Å². The van der Waals surface area contributed by atoms with Crippen molar-refractivity contribution in [1.29, 1.82) is 0 Å². The van der Waals surface area contributed by atoms with Crippen LogP contribution in [0.3, 0.4) is 0 Å². The van der Waals surface area contributed by atoms with E-state index >= 15 is 0 Å². The average Bonchev–Trinajstić information content (AvgIpc) is 2.69. The number of rotatable bonds is 2. The SMILES string of the molecule is NC(C1CCCC1)C1CCCCS1(=O)=O. The number of sulfone groups is 1. The summed E-state index contributed by atoms with van der Waals surface area (Å²) in [6, 6.07) is -0.0993. The first kappa shape index (κ1) is 11.4. The number of hydrogen-bond donors (Lipinski definition) is 1. The van der Waals surface area contributed by atoms with Crippen molar-refractivity contribution in [3.63, 3.8) is 0 Å². The molecule has 0 radical (unpaired) electrons. The monoisotopic (exact) mass is 231 g/mol. The molecule has 2 rings (SSSR count). The highest BCUT2D eigenvalue weighted by atomic mass is 32.2. The highest BCUT2D eigenvalue weighted by Crippen LogP contribution is 2.32. The van der Waals surface area contributed by atoms with Crippen molar-refractivity contribution in [2.75, 3.05) is 5.75 Å². The van der Waals surface area contributed by atoms with Gasteiger partial charge >= 0.3 is 0 Å². The van der Waals surface area contributed by atoms with E-state index in [-0.39, 0.29) is 11.3 Å². The van der Waals surface area contributed by atoms with E-state index in [1.165, 1.54) is 12.8 Å². The van der Waals surface area contributed by atoms with Crippen LogP contribution in [-0.2, 0) is 9.84 Å². The molecule has 2 atom stereocenters. The summed E-state index contributed by atoms with van der Waals surface area (Å²) in [5, 5.41) is -0.241. The summed E-state index contributed by atoms with van der Waals surface area (Å²) in [6.07, 6.45) is 7.37. The minimum atomic E-state index is -2.89. The fourth-order valence-electron chi connectivity index (χ4n) is 3.06.